The number of nitrogens with one attached hydrogen (secondary N) is 1. The van der Waals surface area contributed by atoms with Gasteiger partial charge in [-0.25, -0.2) is 0 Å². The van der Waals surface area contributed by atoms with Crippen LogP contribution in [0, 0.1) is 28.6 Å². The molecule has 21 heavy (non-hydrogen) atoms. The van der Waals surface area contributed by atoms with E-state index < -0.39 is 0 Å². The summed E-state index contributed by atoms with van der Waals surface area (Å²) in [5.74, 6) is 3.13. The lowest BCUT2D eigenvalue weighted by Gasteiger charge is -2.60. The highest BCUT2D eigenvalue weighted by atomic mass is 16.1. The second kappa shape index (κ2) is 4.73. The number of amides is 1. The van der Waals surface area contributed by atoms with E-state index in [2.05, 4.69) is 19.2 Å². The fourth-order valence-electron chi connectivity index (χ4n) is 7.11. The summed E-state index contributed by atoms with van der Waals surface area (Å²) in [7, 11) is 0. The van der Waals surface area contributed by atoms with Gasteiger partial charge in [0.25, 0.3) is 0 Å². The minimum Gasteiger partial charge on any atom is -0.353 e. The molecule has 1 unspecified atom stereocenters. The number of carbonyl (C=O) groups excluding carboxylic acids is 1. The van der Waals surface area contributed by atoms with Crippen molar-refractivity contribution in [3.05, 3.63) is 0 Å². The number of hydrogen-bond acceptors (Lipinski definition) is 1. The molecule has 3 aliphatic carbocycles. The largest absolute Gasteiger partial charge is 0.353 e. The van der Waals surface area contributed by atoms with E-state index in [1.54, 1.807) is 0 Å². The Kier molecular flexibility index (Phi) is 3.17. The summed E-state index contributed by atoms with van der Waals surface area (Å²) in [6.45, 7) is 4.94. The lowest BCUT2D eigenvalue weighted by molar-refractivity contribution is -0.136. The van der Waals surface area contributed by atoms with Gasteiger partial charge in [0, 0.05) is 12.5 Å². The Morgan fingerprint density at radius 3 is 2.76 bits per heavy atom. The molecule has 1 amide bonds. The molecule has 0 aromatic rings. The van der Waals surface area contributed by atoms with Crippen LogP contribution in [0.3, 0.4) is 0 Å². The van der Waals surface area contributed by atoms with Gasteiger partial charge in [-0.3, -0.25) is 4.79 Å². The molecule has 6 atom stereocenters. The van der Waals surface area contributed by atoms with Crippen LogP contribution >= 0.6 is 0 Å². The highest BCUT2D eigenvalue weighted by molar-refractivity contribution is 5.77. The lowest BCUT2D eigenvalue weighted by atomic mass is 9.47. The number of fused-ring (bicyclic) bond motifs is 5. The van der Waals surface area contributed by atoms with Gasteiger partial charge >= 0.3 is 0 Å². The third-order valence-electron chi connectivity index (χ3n) is 8.33. The van der Waals surface area contributed by atoms with E-state index in [-0.39, 0.29) is 0 Å². The number of hydrogen-bond donors (Lipinski definition) is 1. The van der Waals surface area contributed by atoms with Crippen molar-refractivity contribution in [2.24, 2.45) is 28.6 Å². The highest BCUT2D eigenvalue weighted by Crippen LogP contribution is 2.64. The maximum absolute atomic E-state index is 11.8. The van der Waals surface area contributed by atoms with Crippen molar-refractivity contribution >= 4 is 5.91 Å². The van der Waals surface area contributed by atoms with Crippen molar-refractivity contribution in [1.29, 1.82) is 0 Å². The molecule has 0 aromatic heterocycles. The molecule has 1 saturated heterocycles. The average Bonchev–Trinajstić information content (AvgIpc) is 2.92. The fourth-order valence-corrected chi connectivity index (χ4v) is 7.11. The van der Waals surface area contributed by atoms with E-state index in [1.165, 1.54) is 51.4 Å². The summed E-state index contributed by atoms with van der Waals surface area (Å²) >= 11 is 0. The summed E-state index contributed by atoms with van der Waals surface area (Å²) in [6.07, 6.45) is 13.3. The van der Waals surface area contributed by atoms with E-state index in [4.69, 9.17) is 0 Å². The molecular weight excluding hydrogens is 258 g/mol. The lowest BCUT2D eigenvalue weighted by Crippen LogP contribution is -2.60. The van der Waals surface area contributed by atoms with Gasteiger partial charge < -0.3 is 5.32 Å². The molecule has 1 N–H and O–H groups in total. The van der Waals surface area contributed by atoms with Gasteiger partial charge in [-0.1, -0.05) is 26.7 Å². The molecule has 2 heteroatoms. The van der Waals surface area contributed by atoms with Crippen LogP contribution in [0.5, 0.6) is 0 Å². The van der Waals surface area contributed by atoms with Crippen molar-refractivity contribution in [3.63, 3.8) is 0 Å². The van der Waals surface area contributed by atoms with Crippen molar-refractivity contribution in [2.45, 2.75) is 84.1 Å². The van der Waals surface area contributed by atoms with Crippen LogP contribution in [0.1, 0.15) is 78.1 Å². The topological polar surface area (TPSA) is 29.1 Å². The maximum atomic E-state index is 11.8. The average molecular weight is 289 g/mol. The Labute approximate surface area is 129 Å². The molecule has 4 aliphatic rings. The Bertz CT molecular complexity index is 447. The van der Waals surface area contributed by atoms with E-state index in [9.17, 15) is 4.79 Å². The van der Waals surface area contributed by atoms with Gasteiger partial charge in [0.15, 0.2) is 0 Å². The van der Waals surface area contributed by atoms with Crippen molar-refractivity contribution in [2.75, 3.05) is 0 Å². The molecule has 118 valence electrons. The van der Waals surface area contributed by atoms with Crippen molar-refractivity contribution in [3.8, 4) is 0 Å². The van der Waals surface area contributed by atoms with Gasteiger partial charge in [0.05, 0.1) is 0 Å². The monoisotopic (exact) mass is 289 g/mol. The summed E-state index contributed by atoms with van der Waals surface area (Å²) in [5, 5.41) is 3.34. The predicted molar refractivity (Wildman–Crippen MR) is 84.8 cm³/mol. The third kappa shape index (κ3) is 1.86. The van der Waals surface area contributed by atoms with Crippen LogP contribution in [0.25, 0.3) is 0 Å². The Morgan fingerprint density at radius 1 is 1.10 bits per heavy atom. The quantitative estimate of drug-likeness (QED) is 0.766. The number of carbonyl (C=O) groups is 1. The zero-order valence-electron chi connectivity index (χ0n) is 13.8. The molecule has 4 rings (SSSR count). The molecule has 0 bridgehead atoms. The van der Waals surface area contributed by atoms with Crippen LogP contribution < -0.4 is 5.32 Å². The van der Waals surface area contributed by atoms with Crippen LogP contribution in [-0.4, -0.2) is 11.9 Å². The van der Waals surface area contributed by atoms with Crippen LogP contribution in [-0.2, 0) is 4.79 Å². The zero-order valence-corrected chi connectivity index (χ0v) is 13.8. The van der Waals surface area contributed by atoms with Gasteiger partial charge in [0.2, 0.25) is 5.91 Å². The van der Waals surface area contributed by atoms with E-state index in [1.807, 2.05) is 0 Å². The van der Waals surface area contributed by atoms with Crippen molar-refractivity contribution in [1.82, 2.24) is 5.32 Å². The smallest absolute Gasteiger partial charge is 0.220 e. The summed E-state index contributed by atoms with van der Waals surface area (Å²) in [4.78, 5) is 11.8. The highest BCUT2D eigenvalue weighted by Gasteiger charge is 2.58. The van der Waals surface area contributed by atoms with Crippen LogP contribution in [0.2, 0.25) is 0 Å². The predicted octanol–water partition coefficient (Wildman–Crippen LogP) is 4.29. The van der Waals surface area contributed by atoms with Gasteiger partial charge in [-0.15, -0.1) is 0 Å². The molecule has 0 radical (unpaired) electrons. The fraction of sp³-hybridized carbons (Fsp3) is 0.947. The Balaban J connectivity index is 1.63. The molecule has 0 spiro atoms. The number of rotatable bonds is 1. The second-order valence-electron chi connectivity index (χ2n) is 8.73. The summed E-state index contributed by atoms with van der Waals surface area (Å²) in [6, 6.07) is 0.468. The first-order valence-corrected chi connectivity index (χ1v) is 9.38. The normalized spacial score (nSPS) is 52.6. The van der Waals surface area contributed by atoms with E-state index in [0.29, 0.717) is 22.8 Å². The molecule has 4 fully saturated rings. The Hall–Kier alpha value is -0.530. The molecular formula is C19H31NO. The molecule has 1 heterocycles. The standard InChI is InChI=1S/C19H31NO/c1-3-19-10-4-5-15(19)13-6-7-16-18(2,14(13)8-12-19)11-9-17(21)20-16/h13-16H,3-12H2,1-2H3,(H,20,21)/t13-,14+,15+,16?,18-,19+/m1/s1. The first-order chi connectivity index (χ1) is 10.1. The van der Waals surface area contributed by atoms with Crippen LogP contribution in [0.4, 0.5) is 0 Å². The van der Waals surface area contributed by atoms with Gasteiger partial charge in [-0.05, 0) is 73.5 Å². The second-order valence-corrected chi connectivity index (χ2v) is 8.73. The summed E-state index contributed by atoms with van der Waals surface area (Å²) in [5.41, 5.74) is 1.08. The van der Waals surface area contributed by atoms with E-state index in [0.717, 1.165) is 30.6 Å². The third-order valence-corrected chi connectivity index (χ3v) is 8.33. The molecule has 1 aliphatic heterocycles. The minimum absolute atomic E-state index is 0.301. The molecule has 2 nitrogen and oxygen atoms in total. The SMILES string of the molecule is CC[C@@]12CCC[C@H]1[C@@H]1CCC3NC(=O)CC[C@]3(C)[C@H]1CC2. The maximum Gasteiger partial charge on any atom is 0.220 e. The Morgan fingerprint density at radius 2 is 1.95 bits per heavy atom. The summed E-state index contributed by atoms with van der Waals surface area (Å²) < 4.78 is 0. The van der Waals surface area contributed by atoms with Gasteiger partial charge in [-0.2, -0.15) is 0 Å². The first-order valence-electron chi connectivity index (χ1n) is 9.38. The first kappa shape index (κ1) is 14.1. The van der Waals surface area contributed by atoms with Crippen LogP contribution in [0.15, 0.2) is 0 Å². The van der Waals surface area contributed by atoms with Crippen molar-refractivity contribution < 1.29 is 4.79 Å². The van der Waals surface area contributed by atoms with Gasteiger partial charge in [0.1, 0.15) is 0 Å². The molecule has 0 aromatic carbocycles. The minimum atomic E-state index is 0.301. The molecule has 3 saturated carbocycles. The number of piperidine rings is 1. The van der Waals surface area contributed by atoms with E-state index >= 15 is 0 Å². The zero-order chi connectivity index (χ0) is 14.7.